The summed E-state index contributed by atoms with van der Waals surface area (Å²) in [5.74, 6) is 0.830. The van der Waals surface area contributed by atoms with Gasteiger partial charge in [-0.25, -0.2) is 8.42 Å². The van der Waals surface area contributed by atoms with E-state index in [1.807, 2.05) is 66.8 Å². The molecule has 0 aliphatic rings. The summed E-state index contributed by atoms with van der Waals surface area (Å²) in [5.41, 5.74) is 4.71. The molecule has 186 valence electrons. The Morgan fingerprint density at radius 2 is 1.33 bits per heavy atom. The van der Waals surface area contributed by atoms with Gasteiger partial charge in [0, 0.05) is 31.1 Å². The monoisotopic (exact) mass is 502 g/mol. The van der Waals surface area contributed by atoms with Crippen molar-refractivity contribution in [2.75, 3.05) is 13.4 Å². The molecule has 0 aliphatic heterocycles. The fourth-order valence-corrected chi connectivity index (χ4v) is 4.18. The van der Waals surface area contributed by atoms with Crippen molar-refractivity contribution in [3.05, 3.63) is 94.5 Å². The zero-order valence-corrected chi connectivity index (χ0v) is 21.5. The standard InChI is InChI=1S/C30H30O5S/c1-22(31)4-17-28(32)20-25-8-5-23(6-9-25)11-15-27-16-12-26(21-30(27)35-2)10-7-24-13-18-29(19-14-24)36(3,33)34/h5-16,18-19,21H,4,17,20H2,1-3H3/b10-7+,15-11+. The maximum Gasteiger partial charge on any atom is 0.175 e. The van der Waals surface area contributed by atoms with Crippen LogP contribution in [0.5, 0.6) is 5.75 Å². The van der Waals surface area contributed by atoms with Gasteiger partial charge in [0.2, 0.25) is 0 Å². The Bertz CT molecular complexity index is 1380. The molecule has 36 heavy (non-hydrogen) atoms. The smallest absolute Gasteiger partial charge is 0.175 e. The Morgan fingerprint density at radius 1 is 0.778 bits per heavy atom. The predicted octanol–water partition coefficient (Wildman–Crippen LogP) is 5.92. The largest absolute Gasteiger partial charge is 0.496 e. The summed E-state index contributed by atoms with van der Waals surface area (Å²) in [5, 5.41) is 0. The van der Waals surface area contributed by atoms with Crippen molar-refractivity contribution in [1.29, 1.82) is 0 Å². The second kappa shape index (κ2) is 12.3. The van der Waals surface area contributed by atoms with Crippen LogP contribution < -0.4 is 4.74 Å². The third-order valence-corrected chi connectivity index (χ3v) is 6.75. The number of carbonyl (C=O) groups excluding carboxylic acids is 2. The quantitative estimate of drug-likeness (QED) is 0.304. The van der Waals surface area contributed by atoms with Crippen LogP contribution in [-0.2, 0) is 25.8 Å². The summed E-state index contributed by atoms with van der Waals surface area (Å²) >= 11 is 0. The average molecular weight is 503 g/mol. The topological polar surface area (TPSA) is 77.5 Å². The highest BCUT2D eigenvalue weighted by Crippen LogP contribution is 2.24. The van der Waals surface area contributed by atoms with E-state index in [1.54, 1.807) is 31.4 Å². The lowest BCUT2D eigenvalue weighted by Crippen LogP contribution is -2.04. The minimum absolute atomic E-state index is 0.0320. The fraction of sp³-hybridized carbons (Fsp3) is 0.200. The molecule has 0 spiro atoms. The van der Waals surface area contributed by atoms with Crippen LogP contribution in [0.1, 0.15) is 47.6 Å². The summed E-state index contributed by atoms with van der Waals surface area (Å²) in [6.45, 7) is 1.50. The van der Waals surface area contributed by atoms with Gasteiger partial charge in [-0.15, -0.1) is 0 Å². The molecule has 0 heterocycles. The van der Waals surface area contributed by atoms with Gasteiger partial charge in [-0.2, -0.15) is 0 Å². The molecule has 3 aromatic rings. The van der Waals surface area contributed by atoms with Gasteiger partial charge in [0.1, 0.15) is 17.3 Å². The molecule has 0 aliphatic carbocycles. The molecule has 3 rings (SSSR count). The van der Waals surface area contributed by atoms with E-state index in [4.69, 9.17) is 4.74 Å². The molecule has 0 atom stereocenters. The summed E-state index contributed by atoms with van der Waals surface area (Å²) in [6, 6.07) is 20.4. The Balaban J connectivity index is 1.65. The minimum Gasteiger partial charge on any atom is -0.496 e. The Labute approximate surface area is 213 Å². The number of hydrogen-bond donors (Lipinski definition) is 0. The second-order valence-corrected chi connectivity index (χ2v) is 10.7. The third kappa shape index (κ3) is 8.17. The van der Waals surface area contributed by atoms with Crippen LogP contribution in [-0.4, -0.2) is 33.3 Å². The van der Waals surface area contributed by atoms with E-state index in [0.29, 0.717) is 17.7 Å². The first-order valence-electron chi connectivity index (χ1n) is 11.6. The molecule has 5 nitrogen and oxygen atoms in total. The Hall–Kier alpha value is -3.77. The summed E-state index contributed by atoms with van der Waals surface area (Å²) < 4.78 is 28.8. The maximum absolute atomic E-state index is 12.0. The first-order valence-corrected chi connectivity index (χ1v) is 13.5. The number of rotatable bonds is 11. The molecule has 0 saturated heterocycles. The number of Topliss-reactive ketones (excluding diaryl/α,β-unsaturated/α-hetero) is 2. The number of benzene rings is 3. The molecular weight excluding hydrogens is 472 g/mol. The third-order valence-electron chi connectivity index (χ3n) is 5.63. The van der Waals surface area contributed by atoms with Crippen molar-refractivity contribution in [3.8, 4) is 5.75 Å². The molecule has 0 saturated carbocycles. The normalized spacial score (nSPS) is 11.8. The molecule has 0 bridgehead atoms. The lowest BCUT2D eigenvalue weighted by atomic mass is 10.0. The van der Waals surface area contributed by atoms with E-state index in [2.05, 4.69) is 0 Å². The average Bonchev–Trinajstić information content (AvgIpc) is 2.85. The Kier molecular flexibility index (Phi) is 9.14. The van der Waals surface area contributed by atoms with Crippen molar-refractivity contribution >= 4 is 45.7 Å². The van der Waals surface area contributed by atoms with E-state index in [-0.39, 0.29) is 18.0 Å². The van der Waals surface area contributed by atoms with Crippen LogP contribution in [0, 0.1) is 0 Å². The number of sulfone groups is 1. The lowest BCUT2D eigenvalue weighted by molar-refractivity contribution is -0.122. The van der Waals surface area contributed by atoms with Crippen molar-refractivity contribution in [2.24, 2.45) is 0 Å². The van der Waals surface area contributed by atoms with Crippen LogP contribution in [0.3, 0.4) is 0 Å². The van der Waals surface area contributed by atoms with Crippen LogP contribution in [0.25, 0.3) is 24.3 Å². The zero-order chi connectivity index (χ0) is 26.1. The number of ketones is 2. The fourth-order valence-electron chi connectivity index (χ4n) is 3.55. The number of hydrogen-bond acceptors (Lipinski definition) is 5. The first kappa shape index (κ1) is 26.8. The predicted molar refractivity (Wildman–Crippen MR) is 145 cm³/mol. The highest BCUT2D eigenvalue weighted by Gasteiger charge is 2.07. The Morgan fingerprint density at radius 3 is 1.92 bits per heavy atom. The molecule has 0 fully saturated rings. The lowest BCUT2D eigenvalue weighted by Gasteiger charge is -2.06. The molecule has 0 N–H and O–H groups in total. The van der Waals surface area contributed by atoms with Crippen LogP contribution in [0.4, 0.5) is 0 Å². The van der Waals surface area contributed by atoms with Crippen molar-refractivity contribution < 1.29 is 22.7 Å². The van der Waals surface area contributed by atoms with Gasteiger partial charge in [0.25, 0.3) is 0 Å². The van der Waals surface area contributed by atoms with Gasteiger partial charge in [0.05, 0.1) is 12.0 Å². The van der Waals surface area contributed by atoms with E-state index in [1.165, 1.54) is 13.2 Å². The van der Waals surface area contributed by atoms with E-state index >= 15 is 0 Å². The van der Waals surface area contributed by atoms with E-state index < -0.39 is 9.84 Å². The van der Waals surface area contributed by atoms with Gasteiger partial charge in [-0.3, -0.25) is 4.79 Å². The highest BCUT2D eigenvalue weighted by molar-refractivity contribution is 7.90. The molecule has 6 heteroatoms. The first-order chi connectivity index (χ1) is 17.1. The second-order valence-electron chi connectivity index (χ2n) is 8.67. The number of ether oxygens (including phenoxy) is 1. The molecule has 0 amide bonds. The zero-order valence-electron chi connectivity index (χ0n) is 20.7. The number of methoxy groups -OCH3 is 1. The number of carbonyl (C=O) groups is 2. The van der Waals surface area contributed by atoms with Gasteiger partial charge < -0.3 is 9.53 Å². The summed E-state index contributed by atoms with van der Waals surface area (Å²) in [4.78, 5) is 23.3. The van der Waals surface area contributed by atoms with Crippen LogP contribution in [0.2, 0.25) is 0 Å². The molecule has 0 radical (unpaired) electrons. The van der Waals surface area contributed by atoms with E-state index in [0.717, 1.165) is 33.6 Å². The van der Waals surface area contributed by atoms with Gasteiger partial charge >= 0.3 is 0 Å². The minimum atomic E-state index is -3.21. The van der Waals surface area contributed by atoms with E-state index in [9.17, 15) is 18.0 Å². The molecule has 0 unspecified atom stereocenters. The molecule has 3 aromatic carbocycles. The van der Waals surface area contributed by atoms with Crippen molar-refractivity contribution in [3.63, 3.8) is 0 Å². The molecular formula is C30H30O5S. The SMILES string of the molecule is COc1cc(/C=C/c2ccc(S(C)(=O)=O)cc2)ccc1/C=C/c1ccc(CC(=O)CCC(C)=O)cc1. The van der Waals surface area contributed by atoms with Gasteiger partial charge in [0.15, 0.2) is 9.84 Å². The van der Waals surface area contributed by atoms with Crippen molar-refractivity contribution in [1.82, 2.24) is 0 Å². The summed E-state index contributed by atoms with van der Waals surface area (Å²) in [7, 11) is -1.58. The summed E-state index contributed by atoms with van der Waals surface area (Å²) in [6.07, 6.45) is 9.94. The van der Waals surface area contributed by atoms with Gasteiger partial charge in [-0.05, 0) is 47.4 Å². The maximum atomic E-state index is 12.0. The van der Waals surface area contributed by atoms with Crippen LogP contribution >= 0.6 is 0 Å². The van der Waals surface area contributed by atoms with Crippen LogP contribution in [0.15, 0.2) is 71.6 Å². The highest BCUT2D eigenvalue weighted by atomic mass is 32.2. The van der Waals surface area contributed by atoms with Crippen molar-refractivity contribution in [2.45, 2.75) is 31.1 Å². The molecule has 0 aromatic heterocycles. The van der Waals surface area contributed by atoms with Gasteiger partial charge in [-0.1, -0.05) is 72.8 Å².